The zero-order chi connectivity index (χ0) is 10.8. The first-order valence-corrected chi connectivity index (χ1v) is 5.01. The van der Waals surface area contributed by atoms with E-state index in [0.29, 0.717) is 17.5 Å². The van der Waals surface area contributed by atoms with Crippen LogP contribution in [0.25, 0.3) is 11.6 Å². The number of alkyl halides is 1. The fourth-order valence-electron chi connectivity index (χ4n) is 1.20. The van der Waals surface area contributed by atoms with E-state index >= 15 is 0 Å². The van der Waals surface area contributed by atoms with Crippen molar-refractivity contribution < 1.29 is 4.42 Å². The average Bonchev–Trinajstić information content (AvgIpc) is 2.67. The average molecular weight is 224 g/mol. The molecule has 0 aromatic carbocycles. The standard InChI is InChI=1S/C10H10ClN3O/c1-6-4-3-5-12-8(6)10-14-13-9(15-10)7(2)11/h3-5,7H,1-2H3. The minimum absolute atomic E-state index is 0.282. The molecule has 0 amide bonds. The molecule has 0 N–H and O–H groups in total. The van der Waals surface area contributed by atoms with Gasteiger partial charge in [-0.1, -0.05) is 6.07 Å². The number of nitrogens with zero attached hydrogens (tertiary/aromatic N) is 3. The van der Waals surface area contributed by atoms with Gasteiger partial charge in [-0.05, 0) is 25.5 Å². The minimum atomic E-state index is -0.282. The molecule has 0 aliphatic heterocycles. The molecular formula is C10H10ClN3O. The lowest BCUT2D eigenvalue weighted by molar-refractivity contribution is 0.505. The molecule has 5 heteroatoms. The van der Waals surface area contributed by atoms with Crippen molar-refractivity contribution in [3.8, 4) is 11.6 Å². The Bertz CT molecular complexity index is 467. The van der Waals surface area contributed by atoms with Crippen molar-refractivity contribution in [1.29, 1.82) is 0 Å². The van der Waals surface area contributed by atoms with Gasteiger partial charge in [0.2, 0.25) is 5.89 Å². The third-order valence-electron chi connectivity index (χ3n) is 1.99. The Labute approximate surface area is 92.3 Å². The van der Waals surface area contributed by atoms with Crippen molar-refractivity contribution in [3.05, 3.63) is 29.8 Å². The SMILES string of the molecule is Cc1cccnc1-c1nnc(C(C)Cl)o1. The molecule has 2 aromatic rings. The summed E-state index contributed by atoms with van der Waals surface area (Å²) in [6.07, 6.45) is 1.69. The number of hydrogen-bond donors (Lipinski definition) is 0. The second-order valence-corrected chi connectivity index (χ2v) is 3.89. The summed E-state index contributed by atoms with van der Waals surface area (Å²) >= 11 is 5.83. The van der Waals surface area contributed by atoms with E-state index in [2.05, 4.69) is 15.2 Å². The normalized spacial score (nSPS) is 12.7. The summed E-state index contributed by atoms with van der Waals surface area (Å²) in [6.45, 7) is 3.72. The molecule has 0 aliphatic carbocycles. The van der Waals surface area contributed by atoms with Crippen LogP contribution in [0.5, 0.6) is 0 Å². The van der Waals surface area contributed by atoms with E-state index in [4.69, 9.17) is 16.0 Å². The maximum absolute atomic E-state index is 5.83. The number of aromatic nitrogens is 3. The summed E-state index contributed by atoms with van der Waals surface area (Å²) in [5, 5.41) is 7.47. The monoisotopic (exact) mass is 223 g/mol. The van der Waals surface area contributed by atoms with Gasteiger partial charge in [-0.25, -0.2) is 0 Å². The van der Waals surface area contributed by atoms with Gasteiger partial charge in [-0.3, -0.25) is 4.98 Å². The summed E-state index contributed by atoms with van der Waals surface area (Å²) in [6, 6.07) is 3.80. The zero-order valence-electron chi connectivity index (χ0n) is 8.44. The Balaban J connectivity index is 2.42. The summed E-state index contributed by atoms with van der Waals surface area (Å²) in [5.74, 6) is 0.826. The van der Waals surface area contributed by atoms with Gasteiger partial charge >= 0.3 is 0 Å². The predicted octanol–water partition coefficient (Wildman–Crippen LogP) is 2.74. The van der Waals surface area contributed by atoms with E-state index < -0.39 is 0 Å². The van der Waals surface area contributed by atoms with E-state index in [9.17, 15) is 0 Å². The molecule has 0 radical (unpaired) electrons. The van der Waals surface area contributed by atoms with E-state index in [1.807, 2.05) is 19.1 Å². The van der Waals surface area contributed by atoms with Gasteiger partial charge in [0.1, 0.15) is 11.1 Å². The van der Waals surface area contributed by atoms with Crippen molar-refractivity contribution in [3.63, 3.8) is 0 Å². The van der Waals surface area contributed by atoms with Crippen LogP contribution in [-0.4, -0.2) is 15.2 Å². The molecule has 1 unspecified atom stereocenters. The Kier molecular flexibility index (Phi) is 2.68. The van der Waals surface area contributed by atoms with Gasteiger partial charge in [0, 0.05) is 6.20 Å². The highest BCUT2D eigenvalue weighted by molar-refractivity contribution is 6.20. The largest absolute Gasteiger partial charge is 0.418 e. The van der Waals surface area contributed by atoms with Crippen LogP contribution in [0.2, 0.25) is 0 Å². The van der Waals surface area contributed by atoms with Crippen LogP contribution in [-0.2, 0) is 0 Å². The number of pyridine rings is 1. The molecule has 2 aromatic heterocycles. The lowest BCUT2D eigenvalue weighted by atomic mass is 10.2. The first-order valence-electron chi connectivity index (χ1n) is 4.58. The van der Waals surface area contributed by atoms with Crippen LogP contribution in [0.1, 0.15) is 23.8 Å². The highest BCUT2D eigenvalue weighted by Gasteiger charge is 2.14. The molecule has 0 saturated carbocycles. The molecule has 0 bridgehead atoms. The fourth-order valence-corrected chi connectivity index (χ4v) is 1.29. The van der Waals surface area contributed by atoms with Gasteiger partial charge in [-0.2, -0.15) is 0 Å². The third kappa shape index (κ3) is 1.99. The highest BCUT2D eigenvalue weighted by Crippen LogP contribution is 2.23. The Morgan fingerprint density at radius 3 is 2.80 bits per heavy atom. The Morgan fingerprint density at radius 1 is 1.40 bits per heavy atom. The summed E-state index contributed by atoms with van der Waals surface area (Å²) < 4.78 is 5.40. The molecule has 1 atom stereocenters. The molecule has 2 heterocycles. The lowest BCUT2D eigenvalue weighted by Gasteiger charge is -1.97. The van der Waals surface area contributed by atoms with E-state index in [-0.39, 0.29) is 5.38 Å². The van der Waals surface area contributed by atoms with Crippen LogP contribution < -0.4 is 0 Å². The predicted molar refractivity (Wildman–Crippen MR) is 56.5 cm³/mol. The van der Waals surface area contributed by atoms with Gasteiger partial charge < -0.3 is 4.42 Å². The zero-order valence-corrected chi connectivity index (χ0v) is 9.19. The Hall–Kier alpha value is -1.42. The topological polar surface area (TPSA) is 51.8 Å². The summed E-state index contributed by atoms with van der Waals surface area (Å²) in [5.41, 5.74) is 1.70. The van der Waals surface area contributed by atoms with Crippen molar-refractivity contribution in [2.45, 2.75) is 19.2 Å². The van der Waals surface area contributed by atoms with Crippen molar-refractivity contribution in [2.24, 2.45) is 0 Å². The van der Waals surface area contributed by atoms with Crippen LogP contribution in [0.3, 0.4) is 0 Å². The molecule has 0 spiro atoms. The van der Waals surface area contributed by atoms with Crippen LogP contribution in [0, 0.1) is 6.92 Å². The van der Waals surface area contributed by atoms with Crippen molar-refractivity contribution in [1.82, 2.24) is 15.2 Å². The van der Waals surface area contributed by atoms with E-state index in [1.165, 1.54) is 0 Å². The molecule has 2 rings (SSSR count). The third-order valence-corrected chi connectivity index (χ3v) is 2.18. The smallest absolute Gasteiger partial charge is 0.266 e. The van der Waals surface area contributed by atoms with Crippen LogP contribution in [0.15, 0.2) is 22.7 Å². The van der Waals surface area contributed by atoms with E-state index in [1.54, 1.807) is 13.1 Å². The molecule has 78 valence electrons. The van der Waals surface area contributed by atoms with Crippen LogP contribution >= 0.6 is 11.6 Å². The van der Waals surface area contributed by atoms with Gasteiger partial charge in [0.15, 0.2) is 0 Å². The Morgan fingerprint density at radius 2 is 2.20 bits per heavy atom. The second kappa shape index (κ2) is 3.98. The number of rotatable bonds is 2. The molecule has 0 saturated heterocycles. The first kappa shape index (κ1) is 10.1. The molecule has 15 heavy (non-hydrogen) atoms. The number of hydrogen-bond acceptors (Lipinski definition) is 4. The molecule has 4 nitrogen and oxygen atoms in total. The fraction of sp³-hybridized carbons (Fsp3) is 0.300. The van der Waals surface area contributed by atoms with Crippen molar-refractivity contribution >= 4 is 11.6 Å². The highest BCUT2D eigenvalue weighted by atomic mass is 35.5. The number of aryl methyl sites for hydroxylation is 1. The maximum Gasteiger partial charge on any atom is 0.266 e. The van der Waals surface area contributed by atoms with Gasteiger partial charge in [0.05, 0.1) is 0 Å². The van der Waals surface area contributed by atoms with Crippen LogP contribution in [0.4, 0.5) is 0 Å². The quantitative estimate of drug-likeness (QED) is 0.735. The molecule has 0 aliphatic rings. The minimum Gasteiger partial charge on any atom is -0.418 e. The van der Waals surface area contributed by atoms with E-state index in [0.717, 1.165) is 5.56 Å². The van der Waals surface area contributed by atoms with Gasteiger partial charge in [-0.15, -0.1) is 21.8 Å². The summed E-state index contributed by atoms with van der Waals surface area (Å²) in [7, 11) is 0. The molecule has 0 fully saturated rings. The maximum atomic E-state index is 5.83. The second-order valence-electron chi connectivity index (χ2n) is 3.23. The first-order chi connectivity index (χ1) is 7.18. The van der Waals surface area contributed by atoms with Gasteiger partial charge in [0.25, 0.3) is 5.89 Å². The van der Waals surface area contributed by atoms with Crippen molar-refractivity contribution in [2.75, 3.05) is 0 Å². The molecular weight excluding hydrogens is 214 g/mol. The number of halogens is 1. The summed E-state index contributed by atoms with van der Waals surface area (Å²) in [4.78, 5) is 4.18. The lowest BCUT2D eigenvalue weighted by Crippen LogP contribution is -1.86.